The number of rotatable bonds is 4. The zero-order valence-electron chi connectivity index (χ0n) is 10.8. The summed E-state index contributed by atoms with van der Waals surface area (Å²) in [4.78, 5) is 0. The Morgan fingerprint density at radius 3 is 2.61 bits per heavy atom. The lowest BCUT2D eigenvalue weighted by Crippen LogP contribution is -2.05. The van der Waals surface area contributed by atoms with E-state index >= 15 is 0 Å². The first-order valence-corrected chi connectivity index (χ1v) is 5.92. The molecule has 0 fully saturated rings. The third-order valence-electron chi connectivity index (χ3n) is 2.28. The molecule has 96 valence electrons. The molecule has 0 aliphatic rings. The monoisotopic (exact) mass is 247 g/mol. The standard InChI is InChI=1S/C13H17N3O2/c1-8(2)17-11-6-4-5-10(7-11)13-16-15-12(18-13)9(3)14/h4-9H,14H2,1-3H3. The van der Waals surface area contributed by atoms with E-state index in [4.69, 9.17) is 14.9 Å². The van der Waals surface area contributed by atoms with Crippen molar-refractivity contribution >= 4 is 0 Å². The Hall–Kier alpha value is -1.88. The smallest absolute Gasteiger partial charge is 0.247 e. The Morgan fingerprint density at radius 2 is 2.00 bits per heavy atom. The van der Waals surface area contributed by atoms with Crippen molar-refractivity contribution < 1.29 is 9.15 Å². The predicted molar refractivity (Wildman–Crippen MR) is 68.1 cm³/mol. The second kappa shape index (κ2) is 5.18. The van der Waals surface area contributed by atoms with Crippen molar-refractivity contribution in [3.05, 3.63) is 30.2 Å². The first kappa shape index (κ1) is 12.6. The number of nitrogens with two attached hydrogens (primary N) is 1. The Labute approximate surface area is 106 Å². The molecular weight excluding hydrogens is 230 g/mol. The molecule has 0 aliphatic carbocycles. The highest BCUT2D eigenvalue weighted by atomic mass is 16.5. The van der Waals surface area contributed by atoms with E-state index in [1.54, 1.807) is 6.92 Å². The van der Waals surface area contributed by atoms with E-state index in [2.05, 4.69) is 10.2 Å². The minimum absolute atomic E-state index is 0.127. The van der Waals surface area contributed by atoms with E-state index in [1.165, 1.54) is 0 Å². The van der Waals surface area contributed by atoms with Crippen molar-refractivity contribution in [3.63, 3.8) is 0 Å². The van der Waals surface area contributed by atoms with Crippen LogP contribution in [0.25, 0.3) is 11.5 Å². The molecule has 0 saturated heterocycles. The SMILES string of the molecule is CC(C)Oc1cccc(-c2nnc(C(C)N)o2)c1. The summed E-state index contributed by atoms with van der Waals surface area (Å²) < 4.78 is 11.1. The quantitative estimate of drug-likeness (QED) is 0.898. The summed E-state index contributed by atoms with van der Waals surface area (Å²) in [7, 11) is 0. The van der Waals surface area contributed by atoms with Crippen LogP contribution in [0, 0.1) is 0 Å². The summed E-state index contributed by atoms with van der Waals surface area (Å²) in [5.74, 6) is 1.67. The second-order valence-corrected chi connectivity index (χ2v) is 4.43. The third-order valence-corrected chi connectivity index (χ3v) is 2.28. The van der Waals surface area contributed by atoms with Gasteiger partial charge in [-0.2, -0.15) is 0 Å². The molecule has 5 nitrogen and oxygen atoms in total. The molecule has 1 unspecified atom stereocenters. The van der Waals surface area contributed by atoms with E-state index in [0.717, 1.165) is 11.3 Å². The molecule has 0 aliphatic heterocycles. The highest BCUT2D eigenvalue weighted by Crippen LogP contribution is 2.24. The van der Waals surface area contributed by atoms with Gasteiger partial charge in [0.05, 0.1) is 12.1 Å². The molecule has 0 spiro atoms. The topological polar surface area (TPSA) is 74.2 Å². The van der Waals surface area contributed by atoms with Gasteiger partial charge in [-0.05, 0) is 39.0 Å². The average molecular weight is 247 g/mol. The Kier molecular flexibility index (Phi) is 3.62. The van der Waals surface area contributed by atoms with E-state index in [9.17, 15) is 0 Å². The van der Waals surface area contributed by atoms with E-state index in [0.29, 0.717) is 11.8 Å². The molecule has 2 rings (SSSR count). The predicted octanol–water partition coefficient (Wildman–Crippen LogP) is 2.54. The molecule has 0 radical (unpaired) electrons. The molecule has 0 saturated carbocycles. The number of hydrogen-bond donors (Lipinski definition) is 1. The second-order valence-electron chi connectivity index (χ2n) is 4.43. The van der Waals surface area contributed by atoms with Gasteiger partial charge < -0.3 is 14.9 Å². The average Bonchev–Trinajstić information content (AvgIpc) is 2.77. The van der Waals surface area contributed by atoms with Gasteiger partial charge in [0, 0.05) is 5.56 Å². The van der Waals surface area contributed by atoms with Crippen LogP contribution in [-0.2, 0) is 0 Å². The lowest BCUT2D eigenvalue weighted by molar-refractivity contribution is 0.242. The van der Waals surface area contributed by atoms with Crippen molar-refractivity contribution in [1.82, 2.24) is 10.2 Å². The fourth-order valence-electron chi connectivity index (χ4n) is 1.51. The fraction of sp³-hybridized carbons (Fsp3) is 0.385. The minimum atomic E-state index is -0.263. The maximum Gasteiger partial charge on any atom is 0.247 e. The lowest BCUT2D eigenvalue weighted by atomic mass is 10.2. The maximum atomic E-state index is 5.68. The highest BCUT2D eigenvalue weighted by Gasteiger charge is 2.12. The van der Waals surface area contributed by atoms with Gasteiger partial charge in [-0.25, -0.2) is 0 Å². The number of aromatic nitrogens is 2. The van der Waals surface area contributed by atoms with Gasteiger partial charge >= 0.3 is 0 Å². The Morgan fingerprint density at radius 1 is 1.22 bits per heavy atom. The van der Waals surface area contributed by atoms with Gasteiger partial charge in [-0.15, -0.1) is 10.2 Å². The van der Waals surface area contributed by atoms with Gasteiger partial charge in [0.15, 0.2) is 0 Å². The summed E-state index contributed by atoms with van der Waals surface area (Å²) in [5, 5.41) is 7.88. The zero-order chi connectivity index (χ0) is 13.1. The maximum absolute atomic E-state index is 5.68. The first-order valence-electron chi connectivity index (χ1n) is 5.92. The number of nitrogens with zero attached hydrogens (tertiary/aromatic N) is 2. The minimum Gasteiger partial charge on any atom is -0.491 e. The third kappa shape index (κ3) is 2.87. The van der Waals surface area contributed by atoms with Crippen LogP contribution in [0.4, 0.5) is 0 Å². The fourth-order valence-corrected chi connectivity index (χ4v) is 1.51. The van der Waals surface area contributed by atoms with E-state index < -0.39 is 0 Å². The molecule has 1 heterocycles. The lowest BCUT2D eigenvalue weighted by Gasteiger charge is -2.09. The molecular formula is C13H17N3O2. The molecule has 0 amide bonds. The Balaban J connectivity index is 2.26. The van der Waals surface area contributed by atoms with Gasteiger partial charge in [-0.1, -0.05) is 6.07 Å². The summed E-state index contributed by atoms with van der Waals surface area (Å²) in [6.45, 7) is 5.76. The van der Waals surface area contributed by atoms with Crippen LogP contribution in [0.15, 0.2) is 28.7 Å². The molecule has 1 atom stereocenters. The van der Waals surface area contributed by atoms with Gasteiger partial charge in [0.2, 0.25) is 11.8 Å². The van der Waals surface area contributed by atoms with Crippen LogP contribution in [0.2, 0.25) is 0 Å². The number of benzene rings is 1. The van der Waals surface area contributed by atoms with E-state index in [1.807, 2.05) is 38.1 Å². The zero-order valence-corrected chi connectivity index (χ0v) is 10.8. The molecule has 5 heteroatoms. The van der Waals surface area contributed by atoms with Crippen LogP contribution in [0.1, 0.15) is 32.7 Å². The molecule has 0 bridgehead atoms. The van der Waals surface area contributed by atoms with Crippen LogP contribution >= 0.6 is 0 Å². The summed E-state index contributed by atoms with van der Waals surface area (Å²) in [6.07, 6.45) is 0.127. The normalized spacial score (nSPS) is 12.7. The highest BCUT2D eigenvalue weighted by molar-refractivity contribution is 5.55. The number of hydrogen-bond acceptors (Lipinski definition) is 5. The van der Waals surface area contributed by atoms with Crippen molar-refractivity contribution in [1.29, 1.82) is 0 Å². The molecule has 1 aromatic heterocycles. The summed E-state index contributed by atoms with van der Waals surface area (Å²) in [6, 6.07) is 7.29. The molecule has 1 aromatic carbocycles. The van der Waals surface area contributed by atoms with Crippen molar-refractivity contribution in [2.24, 2.45) is 5.73 Å². The van der Waals surface area contributed by atoms with Crippen LogP contribution in [0.5, 0.6) is 5.75 Å². The van der Waals surface area contributed by atoms with Crippen molar-refractivity contribution in [3.8, 4) is 17.2 Å². The van der Waals surface area contributed by atoms with Crippen molar-refractivity contribution in [2.45, 2.75) is 32.9 Å². The number of ether oxygens (including phenoxy) is 1. The molecule has 18 heavy (non-hydrogen) atoms. The van der Waals surface area contributed by atoms with Gasteiger partial charge in [0.25, 0.3) is 0 Å². The van der Waals surface area contributed by atoms with E-state index in [-0.39, 0.29) is 12.1 Å². The first-order chi connectivity index (χ1) is 8.56. The van der Waals surface area contributed by atoms with Gasteiger partial charge in [-0.3, -0.25) is 0 Å². The van der Waals surface area contributed by atoms with Crippen LogP contribution in [-0.4, -0.2) is 16.3 Å². The van der Waals surface area contributed by atoms with Crippen LogP contribution in [0.3, 0.4) is 0 Å². The van der Waals surface area contributed by atoms with Crippen LogP contribution < -0.4 is 10.5 Å². The molecule has 2 aromatic rings. The van der Waals surface area contributed by atoms with Gasteiger partial charge in [0.1, 0.15) is 5.75 Å². The summed E-state index contributed by atoms with van der Waals surface area (Å²) >= 11 is 0. The Bertz CT molecular complexity index is 520. The summed E-state index contributed by atoms with van der Waals surface area (Å²) in [5.41, 5.74) is 6.51. The largest absolute Gasteiger partial charge is 0.491 e. The van der Waals surface area contributed by atoms with Crippen molar-refractivity contribution in [2.75, 3.05) is 0 Å². The molecule has 2 N–H and O–H groups in total.